The minimum atomic E-state index is 0.112. The van der Waals surface area contributed by atoms with Gasteiger partial charge >= 0.3 is 0 Å². The predicted molar refractivity (Wildman–Crippen MR) is 47.7 cm³/mol. The molecule has 0 aliphatic rings. The highest BCUT2D eigenvalue weighted by molar-refractivity contribution is 5.86. The number of hydrogen-bond donors (Lipinski definition) is 2. The number of aldehydes is 1. The Hall–Kier alpha value is -1.51. The van der Waals surface area contributed by atoms with E-state index in [1.165, 1.54) is 0 Å². The summed E-state index contributed by atoms with van der Waals surface area (Å²) in [6.45, 7) is 2.58. The first-order valence-electron chi connectivity index (χ1n) is 3.80. The molecule has 0 unspecified atom stereocenters. The molecule has 3 nitrogen and oxygen atoms in total. The molecule has 3 heteroatoms. The van der Waals surface area contributed by atoms with Gasteiger partial charge in [0.2, 0.25) is 0 Å². The molecule has 0 heterocycles. The second-order valence-electron chi connectivity index (χ2n) is 2.39. The van der Waals surface area contributed by atoms with Crippen LogP contribution in [0, 0.1) is 0 Å². The first-order valence-corrected chi connectivity index (χ1v) is 3.80. The van der Waals surface area contributed by atoms with Crippen molar-refractivity contribution in [2.24, 2.45) is 0 Å². The summed E-state index contributed by atoms with van der Waals surface area (Å²) >= 11 is 0. The minimum absolute atomic E-state index is 0.112. The minimum Gasteiger partial charge on any atom is -0.506 e. The number of phenolic OH excluding ortho intramolecular Hbond substituents is 1. The summed E-state index contributed by atoms with van der Waals surface area (Å²) in [6, 6.07) is 4.84. The Morgan fingerprint density at radius 1 is 1.58 bits per heavy atom. The molecule has 2 N–H and O–H groups in total. The molecule has 0 atom stereocenters. The molecule has 0 aliphatic carbocycles. The van der Waals surface area contributed by atoms with Crippen molar-refractivity contribution in [3.63, 3.8) is 0 Å². The highest BCUT2D eigenvalue weighted by Gasteiger charge is 2.04. The van der Waals surface area contributed by atoms with E-state index in [2.05, 4.69) is 5.32 Å². The fraction of sp³-hybridized carbons (Fsp3) is 0.222. The monoisotopic (exact) mass is 165 g/mol. The van der Waals surface area contributed by atoms with Gasteiger partial charge in [-0.05, 0) is 19.1 Å². The van der Waals surface area contributed by atoms with Crippen LogP contribution < -0.4 is 5.32 Å². The summed E-state index contributed by atoms with van der Waals surface area (Å²) in [5.74, 6) is 0.112. The standard InChI is InChI=1S/C9H11NO2/c1-2-10-9-7(6-11)4-3-5-8(9)12/h3-6,10,12H,2H2,1H3. The Bertz CT molecular complexity index is 284. The van der Waals surface area contributed by atoms with Gasteiger partial charge in [0, 0.05) is 12.1 Å². The normalized spacial score (nSPS) is 9.42. The van der Waals surface area contributed by atoms with E-state index in [1.54, 1.807) is 18.2 Å². The van der Waals surface area contributed by atoms with Crippen molar-refractivity contribution in [3.8, 4) is 5.75 Å². The van der Waals surface area contributed by atoms with Crippen LogP contribution in [0.25, 0.3) is 0 Å². The Balaban J connectivity index is 3.10. The van der Waals surface area contributed by atoms with Crippen molar-refractivity contribution in [1.29, 1.82) is 0 Å². The van der Waals surface area contributed by atoms with E-state index in [0.29, 0.717) is 17.8 Å². The van der Waals surface area contributed by atoms with Crippen LogP contribution in [0.3, 0.4) is 0 Å². The molecule has 1 aromatic carbocycles. The fourth-order valence-corrected chi connectivity index (χ4v) is 1.03. The van der Waals surface area contributed by atoms with Crippen LogP contribution in [0.5, 0.6) is 5.75 Å². The molecule has 0 aromatic heterocycles. The lowest BCUT2D eigenvalue weighted by atomic mass is 10.2. The Morgan fingerprint density at radius 3 is 2.92 bits per heavy atom. The first-order chi connectivity index (χ1) is 5.79. The van der Waals surface area contributed by atoms with Crippen LogP contribution >= 0.6 is 0 Å². The number of carbonyl (C=O) groups is 1. The van der Waals surface area contributed by atoms with Gasteiger partial charge in [-0.1, -0.05) is 6.07 Å². The Kier molecular flexibility index (Phi) is 2.69. The van der Waals surface area contributed by atoms with E-state index in [4.69, 9.17) is 0 Å². The number of nitrogens with one attached hydrogen (secondary N) is 1. The molecule has 0 saturated heterocycles. The van der Waals surface area contributed by atoms with Gasteiger partial charge in [0.15, 0.2) is 6.29 Å². The smallest absolute Gasteiger partial charge is 0.152 e. The average molecular weight is 165 g/mol. The number of aromatic hydroxyl groups is 1. The van der Waals surface area contributed by atoms with Crippen LogP contribution in [0.15, 0.2) is 18.2 Å². The zero-order valence-electron chi connectivity index (χ0n) is 6.87. The summed E-state index contributed by atoms with van der Waals surface area (Å²) in [4.78, 5) is 10.5. The molecular formula is C9H11NO2. The summed E-state index contributed by atoms with van der Waals surface area (Å²) in [7, 11) is 0. The molecule has 1 rings (SSSR count). The lowest BCUT2D eigenvalue weighted by Crippen LogP contribution is -2.00. The first kappa shape index (κ1) is 8.59. The van der Waals surface area contributed by atoms with Crippen molar-refractivity contribution in [3.05, 3.63) is 23.8 Å². The Labute approximate surface area is 71.0 Å². The van der Waals surface area contributed by atoms with Gasteiger partial charge < -0.3 is 10.4 Å². The SMILES string of the molecule is CCNc1c(O)cccc1C=O. The maximum Gasteiger partial charge on any atom is 0.152 e. The van der Waals surface area contributed by atoms with Crippen LogP contribution in [-0.2, 0) is 0 Å². The highest BCUT2D eigenvalue weighted by atomic mass is 16.3. The van der Waals surface area contributed by atoms with Gasteiger partial charge in [-0.15, -0.1) is 0 Å². The van der Waals surface area contributed by atoms with Crippen molar-refractivity contribution in [1.82, 2.24) is 0 Å². The lowest BCUT2D eigenvalue weighted by Gasteiger charge is -2.07. The van der Waals surface area contributed by atoms with E-state index < -0.39 is 0 Å². The molecule has 0 fully saturated rings. The number of anilines is 1. The molecule has 1 aromatic rings. The molecule has 0 amide bonds. The van der Waals surface area contributed by atoms with E-state index in [1.807, 2.05) is 6.92 Å². The topological polar surface area (TPSA) is 49.3 Å². The van der Waals surface area contributed by atoms with Crippen molar-refractivity contribution in [2.75, 3.05) is 11.9 Å². The number of benzene rings is 1. The van der Waals surface area contributed by atoms with Gasteiger partial charge in [-0.2, -0.15) is 0 Å². The summed E-state index contributed by atoms with van der Waals surface area (Å²) < 4.78 is 0. The van der Waals surface area contributed by atoms with Gasteiger partial charge in [0.25, 0.3) is 0 Å². The van der Waals surface area contributed by atoms with E-state index >= 15 is 0 Å². The number of carbonyl (C=O) groups excluding carboxylic acids is 1. The van der Waals surface area contributed by atoms with Gasteiger partial charge in [0.1, 0.15) is 5.75 Å². The van der Waals surface area contributed by atoms with E-state index in [9.17, 15) is 9.90 Å². The quantitative estimate of drug-likeness (QED) is 0.528. The van der Waals surface area contributed by atoms with Crippen molar-refractivity contribution in [2.45, 2.75) is 6.92 Å². The summed E-state index contributed by atoms with van der Waals surface area (Å²) in [5, 5.41) is 12.2. The second-order valence-corrected chi connectivity index (χ2v) is 2.39. The third kappa shape index (κ3) is 1.56. The van der Waals surface area contributed by atoms with Crippen LogP contribution in [0.2, 0.25) is 0 Å². The molecule has 0 bridgehead atoms. The summed E-state index contributed by atoms with van der Waals surface area (Å²) in [5.41, 5.74) is 0.992. The third-order valence-corrected chi connectivity index (χ3v) is 1.56. The van der Waals surface area contributed by atoms with Crippen molar-refractivity contribution < 1.29 is 9.90 Å². The predicted octanol–water partition coefficient (Wildman–Crippen LogP) is 1.64. The zero-order chi connectivity index (χ0) is 8.97. The average Bonchev–Trinajstić information content (AvgIpc) is 2.09. The zero-order valence-corrected chi connectivity index (χ0v) is 6.87. The van der Waals surface area contributed by atoms with Crippen LogP contribution in [-0.4, -0.2) is 17.9 Å². The highest BCUT2D eigenvalue weighted by Crippen LogP contribution is 2.25. The number of hydrogen-bond acceptors (Lipinski definition) is 3. The maximum atomic E-state index is 10.5. The van der Waals surface area contributed by atoms with Crippen molar-refractivity contribution >= 4 is 12.0 Å². The number of para-hydroxylation sites is 1. The van der Waals surface area contributed by atoms with Gasteiger partial charge in [-0.25, -0.2) is 0 Å². The molecule has 64 valence electrons. The largest absolute Gasteiger partial charge is 0.506 e. The molecular weight excluding hydrogens is 154 g/mol. The lowest BCUT2D eigenvalue weighted by molar-refractivity contribution is 0.112. The maximum absolute atomic E-state index is 10.5. The summed E-state index contributed by atoms with van der Waals surface area (Å²) in [6.07, 6.45) is 0.720. The van der Waals surface area contributed by atoms with E-state index in [0.717, 1.165) is 6.29 Å². The van der Waals surface area contributed by atoms with Gasteiger partial charge in [0.05, 0.1) is 5.69 Å². The number of phenols is 1. The molecule has 0 spiro atoms. The molecule has 0 saturated carbocycles. The molecule has 0 aliphatic heterocycles. The van der Waals surface area contributed by atoms with Crippen LogP contribution in [0.1, 0.15) is 17.3 Å². The van der Waals surface area contributed by atoms with Gasteiger partial charge in [-0.3, -0.25) is 4.79 Å². The van der Waals surface area contributed by atoms with E-state index in [-0.39, 0.29) is 5.75 Å². The Morgan fingerprint density at radius 2 is 2.33 bits per heavy atom. The number of rotatable bonds is 3. The fourth-order valence-electron chi connectivity index (χ4n) is 1.03. The molecule has 12 heavy (non-hydrogen) atoms. The second kappa shape index (κ2) is 3.76. The third-order valence-electron chi connectivity index (χ3n) is 1.56. The molecule has 0 radical (unpaired) electrons. The van der Waals surface area contributed by atoms with Crippen LogP contribution in [0.4, 0.5) is 5.69 Å².